The molecular formula is C31H25N11O. The molecule has 0 aliphatic heterocycles. The fraction of sp³-hybridized carbons (Fsp3) is 0.0645. The van der Waals surface area contributed by atoms with Crippen LogP contribution in [0.1, 0.15) is 32.9 Å². The van der Waals surface area contributed by atoms with Gasteiger partial charge in [-0.05, 0) is 60.5 Å². The van der Waals surface area contributed by atoms with Crippen molar-refractivity contribution in [2.24, 2.45) is 0 Å². The molecule has 0 unspecified atom stereocenters. The highest BCUT2D eigenvalue weighted by Gasteiger charge is 2.06. The lowest BCUT2D eigenvalue weighted by atomic mass is 10.1. The molecule has 4 heterocycles. The van der Waals surface area contributed by atoms with Gasteiger partial charge in [-0.15, -0.1) is 5.10 Å². The van der Waals surface area contributed by atoms with Gasteiger partial charge in [-0.1, -0.05) is 24.3 Å². The molecular weight excluding hydrogens is 542 g/mol. The number of hydrogen-bond acceptors (Lipinski definition) is 10. The first-order valence-corrected chi connectivity index (χ1v) is 12.9. The Hall–Kier alpha value is -6.53. The van der Waals surface area contributed by atoms with Gasteiger partial charge in [0.05, 0.1) is 23.3 Å². The smallest absolute Gasteiger partial charge is 0.239 e. The zero-order valence-corrected chi connectivity index (χ0v) is 22.8. The average Bonchev–Trinajstić information content (AvgIpc) is 3.75. The molecule has 0 saturated heterocycles. The summed E-state index contributed by atoms with van der Waals surface area (Å²) in [5.41, 5.74) is 10.1. The Morgan fingerprint density at radius 2 is 1.37 bits per heavy atom. The highest BCUT2D eigenvalue weighted by molar-refractivity contribution is 5.74. The first kappa shape index (κ1) is 29.5. The summed E-state index contributed by atoms with van der Waals surface area (Å²) in [5.74, 6) is 2.39. The molecule has 0 aliphatic carbocycles. The van der Waals surface area contributed by atoms with Crippen LogP contribution in [0.25, 0.3) is 22.8 Å². The fourth-order valence-electron chi connectivity index (χ4n) is 3.58. The van der Waals surface area contributed by atoms with Crippen molar-refractivity contribution < 1.29 is 4.79 Å². The molecule has 4 aromatic heterocycles. The number of nitrogen functional groups attached to an aromatic ring is 1. The molecule has 0 fully saturated rings. The maximum Gasteiger partial charge on any atom is 0.239 e. The second-order valence-corrected chi connectivity index (χ2v) is 8.79. The number of nitriles is 2. The average molecular weight is 568 g/mol. The van der Waals surface area contributed by atoms with Crippen molar-refractivity contribution in [2.75, 3.05) is 5.73 Å². The molecule has 0 radical (unpaired) electrons. The first-order valence-electron chi connectivity index (χ1n) is 12.9. The molecule has 210 valence electrons. The van der Waals surface area contributed by atoms with Gasteiger partial charge in [-0.2, -0.15) is 20.6 Å². The number of nitrogens with one attached hydrogen (secondary N) is 2. The molecule has 12 heteroatoms. The molecule has 0 atom stereocenters. The van der Waals surface area contributed by atoms with Crippen LogP contribution >= 0.6 is 0 Å². The molecule has 6 rings (SSSR count). The van der Waals surface area contributed by atoms with Crippen molar-refractivity contribution in [3.8, 4) is 34.9 Å². The second kappa shape index (κ2) is 15.3. The lowest BCUT2D eigenvalue weighted by molar-refractivity contribution is 0.112. The van der Waals surface area contributed by atoms with E-state index in [0.717, 1.165) is 36.1 Å². The molecule has 0 bridgehead atoms. The number of carbonyl (C=O) groups excluding carboxylic acids is 1. The van der Waals surface area contributed by atoms with E-state index < -0.39 is 0 Å². The summed E-state index contributed by atoms with van der Waals surface area (Å²) in [5, 5.41) is 30.7. The van der Waals surface area contributed by atoms with Gasteiger partial charge in [0.15, 0.2) is 11.6 Å². The summed E-state index contributed by atoms with van der Waals surface area (Å²) in [6, 6.07) is 25.6. The van der Waals surface area contributed by atoms with Gasteiger partial charge < -0.3 is 5.73 Å². The van der Waals surface area contributed by atoms with Crippen LogP contribution < -0.4 is 5.73 Å². The van der Waals surface area contributed by atoms with Crippen molar-refractivity contribution in [1.29, 1.82) is 10.5 Å². The molecule has 0 saturated carbocycles. The number of aromatic nitrogens is 8. The van der Waals surface area contributed by atoms with Gasteiger partial charge in [0, 0.05) is 47.9 Å². The number of anilines is 1. The van der Waals surface area contributed by atoms with Crippen molar-refractivity contribution in [3.05, 3.63) is 126 Å². The standard InChI is InChI=1S/C16H13N5.C8H5NO.C7H7N5/c17-10-13-5-3-12(4-6-13)7-8-15-19-16(21-20-15)14-2-1-9-18-11-14;9-5-7-1-3-8(6-10)4-2-7;8-7-10-6(11-12-7)5-2-1-3-9-4-5/h1-6,9,11H,7-8H2,(H,19,20,21);1-4,6H;1-4H,(H3,8,10,11,12). The van der Waals surface area contributed by atoms with E-state index >= 15 is 0 Å². The lowest BCUT2D eigenvalue weighted by Crippen LogP contribution is -1.93. The molecule has 0 spiro atoms. The Morgan fingerprint density at radius 1 is 0.744 bits per heavy atom. The van der Waals surface area contributed by atoms with Crippen LogP contribution in [0.4, 0.5) is 5.95 Å². The minimum absolute atomic E-state index is 0.244. The Bertz CT molecular complexity index is 1800. The topological polar surface area (TPSA) is 200 Å². The Kier molecular flexibility index (Phi) is 10.5. The largest absolute Gasteiger partial charge is 0.366 e. The summed E-state index contributed by atoms with van der Waals surface area (Å²) < 4.78 is 0. The number of aldehydes is 1. The predicted octanol–water partition coefficient (Wildman–Crippen LogP) is 4.34. The van der Waals surface area contributed by atoms with Crippen molar-refractivity contribution in [1.82, 2.24) is 40.3 Å². The molecule has 12 nitrogen and oxygen atoms in total. The highest BCUT2D eigenvalue weighted by Crippen LogP contribution is 2.14. The number of benzene rings is 2. The summed E-state index contributed by atoms with van der Waals surface area (Å²) in [7, 11) is 0. The van der Waals surface area contributed by atoms with Crippen LogP contribution in [0.2, 0.25) is 0 Å². The third kappa shape index (κ3) is 8.99. The second-order valence-electron chi connectivity index (χ2n) is 8.79. The van der Waals surface area contributed by atoms with E-state index in [4.69, 9.17) is 16.3 Å². The third-order valence-electron chi connectivity index (χ3n) is 5.80. The number of aryl methyl sites for hydroxylation is 2. The summed E-state index contributed by atoms with van der Waals surface area (Å²) in [4.78, 5) is 26.5. The minimum Gasteiger partial charge on any atom is -0.366 e. The van der Waals surface area contributed by atoms with E-state index in [-0.39, 0.29) is 5.95 Å². The number of aromatic amines is 2. The summed E-state index contributed by atoms with van der Waals surface area (Å²) >= 11 is 0. The highest BCUT2D eigenvalue weighted by atomic mass is 16.1. The van der Waals surface area contributed by atoms with Crippen LogP contribution in [0.15, 0.2) is 97.6 Å². The van der Waals surface area contributed by atoms with E-state index in [2.05, 4.69) is 46.4 Å². The number of pyridine rings is 2. The van der Waals surface area contributed by atoms with E-state index in [1.54, 1.807) is 49.1 Å². The predicted molar refractivity (Wildman–Crippen MR) is 159 cm³/mol. The lowest BCUT2D eigenvalue weighted by Gasteiger charge is -1.98. The Balaban J connectivity index is 0.000000163. The van der Waals surface area contributed by atoms with Crippen LogP contribution in [0.5, 0.6) is 0 Å². The zero-order chi connectivity index (χ0) is 30.3. The van der Waals surface area contributed by atoms with Crippen LogP contribution in [-0.2, 0) is 12.8 Å². The number of carbonyl (C=O) groups is 1. The maximum absolute atomic E-state index is 10.1. The van der Waals surface area contributed by atoms with Crippen LogP contribution in [0, 0.1) is 22.7 Å². The number of hydrogen-bond donors (Lipinski definition) is 3. The summed E-state index contributed by atoms with van der Waals surface area (Å²) in [6.07, 6.45) is 9.24. The quantitative estimate of drug-likeness (QED) is 0.243. The van der Waals surface area contributed by atoms with Gasteiger partial charge in [0.25, 0.3) is 0 Å². The Labute approximate surface area is 247 Å². The number of nitrogens with two attached hydrogens (primary N) is 1. The number of nitrogens with zero attached hydrogens (tertiary/aromatic N) is 8. The maximum atomic E-state index is 10.1. The summed E-state index contributed by atoms with van der Waals surface area (Å²) in [6.45, 7) is 0. The van der Waals surface area contributed by atoms with Crippen molar-refractivity contribution in [3.63, 3.8) is 0 Å². The van der Waals surface area contributed by atoms with Gasteiger partial charge in [0.1, 0.15) is 12.1 Å². The molecule has 2 aromatic carbocycles. The van der Waals surface area contributed by atoms with E-state index in [9.17, 15) is 4.79 Å². The molecule has 0 aliphatic rings. The molecule has 4 N–H and O–H groups in total. The van der Waals surface area contributed by atoms with Crippen molar-refractivity contribution >= 4 is 12.2 Å². The fourth-order valence-corrected chi connectivity index (χ4v) is 3.58. The van der Waals surface area contributed by atoms with E-state index in [1.807, 2.05) is 54.6 Å². The molecule has 0 amide bonds. The molecule has 43 heavy (non-hydrogen) atoms. The molecule has 6 aromatic rings. The first-order chi connectivity index (χ1) is 21.1. The normalized spacial score (nSPS) is 9.72. The van der Waals surface area contributed by atoms with Crippen LogP contribution in [0.3, 0.4) is 0 Å². The van der Waals surface area contributed by atoms with Gasteiger partial charge in [-0.3, -0.25) is 25.0 Å². The zero-order valence-electron chi connectivity index (χ0n) is 22.8. The monoisotopic (exact) mass is 567 g/mol. The van der Waals surface area contributed by atoms with Crippen LogP contribution in [-0.4, -0.2) is 46.6 Å². The minimum atomic E-state index is 0.244. The van der Waals surface area contributed by atoms with Crippen molar-refractivity contribution in [2.45, 2.75) is 12.8 Å². The van der Waals surface area contributed by atoms with Gasteiger partial charge >= 0.3 is 0 Å². The SMILES string of the molecule is N#Cc1ccc(C=O)cc1.N#Cc1ccc(CCc2nc(-c3cccnc3)n[nH]2)cc1.Nc1n[nH]c(-c2cccnc2)n1. The van der Waals surface area contributed by atoms with E-state index in [1.165, 1.54) is 5.56 Å². The Morgan fingerprint density at radius 3 is 1.91 bits per heavy atom. The van der Waals surface area contributed by atoms with Gasteiger partial charge in [0.2, 0.25) is 5.95 Å². The van der Waals surface area contributed by atoms with E-state index in [0.29, 0.717) is 28.3 Å². The number of rotatable bonds is 6. The number of H-pyrrole nitrogens is 2. The third-order valence-corrected chi connectivity index (χ3v) is 5.80. The van der Waals surface area contributed by atoms with Gasteiger partial charge in [-0.25, -0.2) is 4.98 Å².